The fraction of sp³-hybridized carbons (Fsp3) is 0. The van der Waals surface area contributed by atoms with Gasteiger partial charge in [-0.25, -0.2) is 0 Å². The predicted molar refractivity (Wildman–Crippen MR) is 105 cm³/mol. The summed E-state index contributed by atoms with van der Waals surface area (Å²) < 4.78 is 0.826. The fourth-order valence-corrected chi connectivity index (χ4v) is 4.14. The van der Waals surface area contributed by atoms with Crippen LogP contribution in [0.2, 0.25) is 0 Å². The Kier molecular flexibility index (Phi) is 3.86. The number of fused-ring (bicyclic) bond motifs is 1. The third-order valence-corrected chi connectivity index (χ3v) is 5.40. The highest BCUT2D eigenvalue weighted by molar-refractivity contribution is 7.22. The molecular weight excluding hydrogens is 346 g/mol. The van der Waals surface area contributed by atoms with Crippen LogP contribution in [-0.4, -0.2) is 16.0 Å². The van der Waals surface area contributed by atoms with Gasteiger partial charge < -0.3 is 15.9 Å². The molecule has 1 aromatic heterocycles. The number of phenolic OH excluding ortho intramolecular Hbond substituents is 2. The van der Waals surface area contributed by atoms with Crippen LogP contribution in [0.1, 0.15) is 15.9 Å². The Balaban J connectivity index is 1.96. The van der Waals surface area contributed by atoms with Crippen molar-refractivity contribution in [3.05, 3.63) is 77.9 Å². The van der Waals surface area contributed by atoms with Gasteiger partial charge in [0.25, 0.3) is 0 Å². The van der Waals surface area contributed by atoms with Crippen molar-refractivity contribution < 1.29 is 15.0 Å². The van der Waals surface area contributed by atoms with Gasteiger partial charge in [0, 0.05) is 31.8 Å². The van der Waals surface area contributed by atoms with Crippen LogP contribution in [-0.2, 0) is 0 Å². The number of ketones is 1. The quantitative estimate of drug-likeness (QED) is 0.362. The molecule has 5 heteroatoms. The summed E-state index contributed by atoms with van der Waals surface area (Å²) in [5.74, 6) is 0.214. The number of nitrogens with two attached hydrogens (primary N) is 1. The van der Waals surface area contributed by atoms with Crippen molar-refractivity contribution >= 4 is 32.9 Å². The third kappa shape index (κ3) is 2.78. The van der Waals surface area contributed by atoms with Gasteiger partial charge in [-0.1, -0.05) is 0 Å². The minimum absolute atomic E-state index is 0.106. The summed E-state index contributed by atoms with van der Waals surface area (Å²) in [5.41, 5.74) is 8.29. The van der Waals surface area contributed by atoms with Gasteiger partial charge in [-0.05, 0) is 72.3 Å². The number of rotatable bonds is 3. The first-order chi connectivity index (χ1) is 12.5. The second-order valence-corrected chi connectivity index (χ2v) is 7.04. The van der Waals surface area contributed by atoms with Gasteiger partial charge in [0.05, 0.1) is 0 Å². The maximum Gasteiger partial charge on any atom is 0.195 e. The van der Waals surface area contributed by atoms with E-state index < -0.39 is 0 Å². The number of carbonyl (C=O) groups excluding carboxylic acids is 1. The molecule has 0 fully saturated rings. The van der Waals surface area contributed by atoms with E-state index in [9.17, 15) is 15.0 Å². The molecule has 0 aliphatic heterocycles. The second-order valence-electron chi connectivity index (χ2n) is 5.98. The Morgan fingerprint density at radius 3 is 2.19 bits per heavy atom. The van der Waals surface area contributed by atoms with Crippen LogP contribution in [0.5, 0.6) is 11.5 Å². The molecule has 0 saturated carbocycles. The van der Waals surface area contributed by atoms with Gasteiger partial charge in [-0.2, -0.15) is 0 Å². The lowest BCUT2D eigenvalue weighted by Gasteiger charge is -2.06. The van der Waals surface area contributed by atoms with E-state index in [2.05, 4.69) is 0 Å². The van der Waals surface area contributed by atoms with Crippen LogP contribution in [0.4, 0.5) is 5.69 Å². The maximum atomic E-state index is 13.2. The largest absolute Gasteiger partial charge is 0.508 e. The highest BCUT2D eigenvalue weighted by Gasteiger charge is 2.21. The highest BCUT2D eigenvalue weighted by atomic mass is 32.1. The van der Waals surface area contributed by atoms with Crippen LogP contribution in [0.15, 0.2) is 66.7 Å². The Hall–Kier alpha value is -3.31. The summed E-state index contributed by atoms with van der Waals surface area (Å²) in [5, 5.41) is 20.1. The van der Waals surface area contributed by atoms with Crippen LogP contribution in [0, 0.1) is 0 Å². The topological polar surface area (TPSA) is 83.6 Å². The molecule has 0 atom stereocenters. The lowest BCUT2D eigenvalue weighted by Crippen LogP contribution is -2.02. The van der Waals surface area contributed by atoms with Crippen molar-refractivity contribution in [2.45, 2.75) is 0 Å². The minimum Gasteiger partial charge on any atom is -0.508 e. The van der Waals surface area contributed by atoms with Gasteiger partial charge in [0.2, 0.25) is 0 Å². The zero-order valence-electron chi connectivity index (χ0n) is 13.6. The van der Waals surface area contributed by atoms with Crippen LogP contribution in [0.3, 0.4) is 0 Å². The molecule has 0 radical (unpaired) electrons. The molecule has 26 heavy (non-hydrogen) atoms. The smallest absolute Gasteiger partial charge is 0.195 e. The Labute approximate surface area is 153 Å². The maximum absolute atomic E-state index is 13.2. The number of nitrogen functional groups attached to an aromatic ring is 1. The van der Waals surface area contributed by atoms with Gasteiger partial charge in [-0.3, -0.25) is 4.79 Å². The molecule has 0 aliphatic carbocycles. The number of hydrogen-bond acceptors (Lipinski definition) is 5. The molecule has 0 spiro atoms. The summed E-state index contributed by atoms with van der Waals surface area (Å²) >= 11 is 1.44. The van der Waals surface area contributed by atoms with Crippen molar-refractivity contribution in [3.8, 4) is 21.9 Å². The molecule has 4 N–H and O–H groups in total. The molecule has 0 amide bonds. The van der Waals surface area contributed by atoms with Gasteiger partial charge in [0.1, 0.15) is 11.5 Å². The summed E-state index contributed by atoms with van der Waals surface area (Å²) in [4.78, 5) is 14.0. The molecule has 0 bridgehead atoms. The normalized spacial score (nSPS) is 10.9. The van der Waals surface area contributed by atoms with E-state index >= 15 is 0 Å². The van der Waals surface area contributed by atoms with Gasteiger partial charge >= 0.3 is 0 Å². The summed E-state index contributed by atoms with van der Waals surface area (Å²) in [6, 6.07) is 18.6. The first-order valence-corrected chi connectivity index (χ1v) is 8.80. The summed E-state index contributed by atoms with van der Waals surface area (Å²) in [6.45, 7) is 0. The average Bonchev–Trinajstić information content (AvgIpc) is 3.00. The fourth-order valence-electron chi connectivity index (χ4n) is 2.91. The molecule has 3 aromatic carbocycles. The van der Waals surface area contributed by atoms with Crippen molar-refractivity contribution in [2.75, 3.05) is 5.73 Å². The number of aromatic hydroxyl groups is 2. The van der Waals surface area contributed by atoms with Crippen LogP contribution in [0.25, 0.3) is 20.5 Å². The Morgan fingerprint density at radius 1 is 0.846 bits per heavy atom. The first kappa shape index (κ1) is 16.2. The third-order valence-electron chi connectivity index (χ3n) is 4.20. The SMILES string of the molecule is Nc1ccc(C(=O)c2c(-c3ccc(O)cc3)sc3cc(O)ccc23)cc1. The summed E-state index contributed by atoms with van der Waals surface area (Å²) in [7, 11) is 0. The van der Waals surface area contributed by atoms with Gasteiger partial charge in [-0.15, -0.1) is 11.3 Å². The van der Waals surface area contributed by atoms with Crippen LogP contribution < -0.4 is 5.73 Å². The molecule has 4 nitrogen and oxygen atoms in total. The van der Waals surface area contributed by atoms with E-state index in [-0.39, 0.29) is 17.3 Å². The number of carbonyl (C=O) groups is 1. The van der Waals surface area contributed by atoms with Crippen molar-refractivity contribution in [1.29, 1.82) is 0 Å². The molecular formula is C21H15NO3S. The van der Waals surface area contributed by atoms with E-state index in [0.29, 0.717) is 16.8 Å². The minimum atomic E-state index is -0.106. The van der Waals surface area contributed by atoms with Crippen molar-refractivity contribution in [3.63, 3.8) is 0 Å². The van der Waals surface area contributed by atoms with Gasteiger partial charge in [0.15, 0.2) is 5.78 Å². The van der Waals surface area contributed by atoms with Crippen molar-refractivity contribution in [2.24, 2.45) is 0 Å². The molecule has 0 aliphatic rings. The Morgan fingerprint density at radius 2 is 1.50 bits per heavy atom. The first-order valence-electron chi connectivity index (χ1n) is 7.98. The standard InChI is InChI=1S/C21H15NO3S/c22-14-5-1-12(2-6-14)20(25)19-17-10-9-16(24)11-18(17)26-21(19)13-3-7-15(23)8-4-13/h1-11,23-24H,22H2. The molecule has 4 aromatic rings. The molecule has 4 rings (SSSR count). The molecule has 128 valence electrons. The molecule has 0 saturated heterocycles. The van der Waals surface area contributed by atoms with E-state index in [0.717, 1.165) is 20.5 Å². The zero-order chi connectivity index (χ0) is 18.3. The average molecular weight is 361 g/mol. The summed E-state index contributed by atoms with van der Waals surface area (Å²) in [6.07, 6.45) is 0. The van der Waals surface area contributed by atoms with E-state index in [4.69, 9.17) is 5.73 Å². The molecule has 1 heterocycles. The van der Waals surface area contributed by atoms with E-state index in [1.807, 2.05) is 0 Å². The van der Waals surface area contributed by atoms with Crippen LogP contribution >= 0.6 is 11.3 Å². The highest BCUT2D eigenvalue weighted by Crippen LogP contribution is 2.41. The number of benzene rings is 3. The number of hydrogen-bond donors (Lipinski definition) is 3. The number of anilines is 1. The molecule has 0 unspecified atom stereocenters. The van der Waals surface area contributed by atoms with Crippen molar-refractivity contribution in [1.82, 2.24) is 0 Å². The number of phenols is 2. The predicted octanol–water partition coefficient (Wildman–Crippen LogP) is 4.79. The zero-order valence-corrected chi connectivity index (χ0v) is 14.5. The lowest BCUT2D eigenvalue weighted by molar-refractivity contribution is 0.104. The Bertz CT molecular complexity index is 1110. The monoisotopic (exact) mass is 361 g/mol. The second kappa shape index (κ2) is 6.20. The van der Waals surface area contributed by atoms with E-state index in [1.165, 1.54) is 11.3 Å². The lowest BCUT2D eigenvalue weighted by atomic mass is 9.97. The van der Waals surface area contributed by atoms with E-state index in [1.54, 1.807) is 66.7 Å². The number of thiophene rings is 1.